The Labute approximate surface area is 131 Å². The summed E-state index contributed by atoms with van der Waals surface area (Å²) in [6.45, 7) is 0.688. The molecule has 2 heterocycles. The molecule has 2 aliphatic heterocycles. The van der Waals surface area contributed by atoms with Gasteiger partial charge in [0.25, 0.3) is 0 Å². The molecule has 1 N–H and O–H groups in total. The maximum absolute atomic E-state index is 12.2. The van der Waals surface area contributed by atoms with Gasteiger partial charge in [0.2, 0.25) is 0 Å². The largest absolute Gasteiger partial charge is 0.433 e. The molecule has 1 aromatic rings. The molecule has 3 rings (SSSR count). The number of halogens is 3. The second-order valence-corrected chi connectivity index (χ2v) is 5.82. The topological polar surface area (TPSA) is 44.8 Å². The second-order valence-electron chi connectivity index (χ2n) is 5.41. The summed E-state index contributed by atoms with van der Waals surface area (Å²) in [5.41, 5.74) is 0.928. The van der Waals surface area contributed by atoms with Crippen molar-refractivity contribution in [3.05, 3.63) is 28.8 Å². The third-order valence-corrected chi connectivity index (χ3v) is 4.23. The van der Waals surface area contributed by atoms with Crippen LogP contribution in [0.3, 0.4) is 0 Å². The van der Waals surface area contributed by atoms with Crippen molar-refractivity contribution >= 4 is 17.6 Å². The number of ether oxygens (including phenoxy) is 1. The minimum Gasteiger partial charge on any atom is -0.433 e. The Balaban J connectivity index is 1.62. The first-order valence-electron chi connectivity index (χ1n) is 7.03. The van der Waals surface area contributed by atoms with Crippen LogP contribution >= 0.6 is 11.6 Å². The van der Waals surface area contributed by atoms with E-state index in [4.69, 9.17) is 11.6 Å². The third kappa shape index (κ3) is 3.25. The standard InChI is InChI=1S/C14H16ClF2N3O2/c15-11-5-9(1-2-12(11)22-13(16)17)7-19-3-4-20-10(8-19)6-18-14(20)21/h1-2,5,10,13H,3-4,6-8H2,(H,18,21)/t10-/m1/s1. The van der Waals surface area contributed by atoms with Gasteiger partial charge in [0, 0.05) is 32.7 Å². The number of amides is 2. The van der Waals surface area contributed by atoms with E-state index in [0.717, 1.165) is 18.7 Å². The fraction of sp³-hybridized carbons (Fsp3) is 0.500. The molecule has 0 aliphatic carbocycles. The van der Waals surface area contributed by atoms with Crippen LogP contribution in [0.15, 0.2) is 18.2 Å². The van der Waals surface area contributed by atoms with Crippen molar-refractivity contribution in [3.63, 3.8) is 0 Å². The van der Waals surface area contributed by atoms with Gasteiger partial charge in [-0.15, -0.1) is 0 Å². The van der Waals surface area contributed by atoms with E-state index in [1.165, 1.54) is 6.07 Å². The quantitative estimate of drug-likeness (QED) is 0.919. The summed E-state index contributed by atoms with van der Waals surface area (Å²) >= 11 is 5.96. The highest BCUT2D eigenvalue weighted by Crippen LogP contribution is 2.28. The Morgan fingerprint density at radius 2 is 2.23 bits per heavy atom. The Bertz CT molecular complexity index is 573. The van der Waals surface area contributed by atoms with Gasteiger partial charge in [-0.2, -0.15) is 8.78 Å². The average molecular weight is 332 g/mol. The van der Waals surface area contributed by atoms with Crippen LogP contribution in [0.2, 0.25) is 5.02 Å². The first-order valence-corrected chi connectivity index (χ1v) is 7.41. The summed E-state index contributed by atoms with van der Waals surface area (Å²) in [5, 5.41) is 3.01. The van der Waals surface area contributed by atoms with Crippen molar-refractivity contribution in [1.29, 1.82) is 0 Å². The molecular weight excluding hydrogens is 316 g/mol. The molecular formula is C14H16ClF2N3O2. The number of urea groups is 1. The lowest BCUT2D eigenvalue weighted by atomic mass is 10.1. The van der Waals surface area contributed by atoms with Crippen LogP contribution in [0.25, 0.3) is 0 Å². The summed E-state index contributed by atoms with van der Waals surface area (Å²) in [7, 11) is 0. The Hall–Kier alpha value is -1.60. The van der Waals surface area contributed by atoms with Gasteiger partial charge in [-0.3, -0.25) is 4.90 Å². The van der Waals surface area contributed by atoms with Crippen molar-refractivity contribution in [1.82, 2.24) is 15.1 Å². The molecule has 0 bridgehead atoms. The van der Waals surface area contributed by atoms with Gasteiger partial charge in [-0.25, -0.2) is 4.79 Å². The van der Waals surface area contributed by atoms with Crippen molar-refractivity contribution in [2.24, 2.45) is 0 Å². The first-order chi connectivity index (χ1) is 10.5. The molecule has 22 heavy (non-hydrogen) atoms. The molecule has 0 radical (unpaired) electrons. The number of fused-ring (bicyclic) bond motifs is 1. The van der Waals surface area contributed by atoms with Gasteiger partial charge >= 0.3 is 12.6 Å². The van der Waals surface area contributed by atoms with Crippen LogP contribution in [0, 0.1) is 0 Å². The number of nitrogens with one attached hydrogen (secondary N) is 1. The molecule has 8 heteroatoms. The van der Waals surface area contributed by atoms with Crippen molar-refractivity contribution in [2.75, 3.05) is 26.2 Å². The van der Waals surface area contributed by atoms with Crippen molar-refractivity contribution in [3.8, 4) is 5.75 Å². The number of hydrogen-bond donors (Lipinski definition) is 1. The van der Waals surface area contributed by atoms with E-state index in [1.54, 1.807) is 12.1 Å². The Morgan fingerprint density at radius 3 is 2.95 bits per heavy atom. The number of rotatable bonds is 4. The van der Waals surface area contributed by atoms with E-state index in [-0.39, 0.29) is 22.8 Å². The Morgan fingerprint density at radius 1 is 1.41 bits per heavy atom. The van der Waals surface area contributed by atoms with Crippen LogP contribution < -0.4 is 10.1 Å². The zero-order valence-corrected chi connectivity index (χ0v) is 12.5. The van der Waals surface area contributed by atoms with Gasteiger partial charge in [0.1, 0.15) is 5.75 Å². The van der Waals surface area contributed by atoms with Crippen LogP contribution in [0.4, 0.5) is 13.6 Å². The number of carbonyl (C=O) groups excluding carboxylic acids is 1. The fourth-order valence-electron chi connectivity index (χ4n) is 2.90. The van der Waals surface area contributed by atoms with Gasteiger partial charge in [-0.1, -0.05) is 17.7 Å². The van der Waals surface area contributed by atoms with E-state index < -0.39 is 6.61 Å². The molecule has 1 aromatic carbocycles. The molecule has 1 atom stereocenters. The van der Waals surface area contributed by atoms with Gasteiger partial charge in [0.15, 0.2) is 0 Å². The van der Waals surface area contributed by atoms with Crippen LogP contribution in [-0.4, -0.2) is 54.7 Å². The van der Waals surface area contributed by atoms with E-state index >= 15 is 0 Å². The lowest BCUT2D eigenvalue weighted by Crippen LogP contribution is -2.51. The highest BCUT2D eigenvalue weighted by atomic mass is 35.5. The normalized spacial score (nSPS) is 21.9. The minimum atomic E-state index is -2.89. The zero-order chi connectivity index (χ0) is 15.7. The van der Waals surface area contributed by atoms with Gasteiger partial charge in [0.05, 0.1) is 11.1 Å². The highest BCUT2D eigenvalue weighted by molar-refractivity contribution is 6.32. The number of alkyl halides is 2. The SMILES string of the molecule is O=C1NC[C@@H]2CN(Cc3ccc(OC(F)F)c(Cl)c3)CCN12. The molecule has 2 aliphatic rings. The fourth-order valence-corrected chi connectivity index (χ4v) is 3.15. The summed E-state index contributed by atoms with van der Waals surface area (Å²) in [6.07, 6.45) is 0. The predicted octanol–water partition coefficient (Wildman–Crippen LogP) is 2.15. The van der Waals surface area contributed by atoms with E-state index in [2.05, 4.69) is 15.0 Å². The summed E-state index contributed by atoms with van der Waals surface area (Å²) in [6, 6.07) is 5.03. The maximum Gasteiger partial charge on any atom is 0.387 e. The van der Waals surface area contributed by atoms with Crippen LogP contribution in [-0.2, 0) is 6.54 Å². The van der Waals surface area contributed by atoms with E-state index in [1.807, 2.05) is 4.90 Å². The predicted molar refractivity (Wildman–Crippen MR) is 77.3 cm³/mol. The highest BCUT2D eigenvalue weighted by Gasteiger charge is 2.35. The molecule has 0 unspecified atom stereocenters. The molecule has 2 fully saturated rings. The average Bonchev–Trinajstić information content (AvgIpc) is 2.83. The summed E-state index contributed by atoms with van der Waals surface area (Å²) in [4.78, 5) is 15.6. The molecule has 0 aromatic heterocycles. The molecule has 120 valence electrons. The first kappa shape index (κ1) is 15.3. The number of piperazine rings is 1. The molecule has 2 saturated heterocycles. The van der Waals surface area contributed by atoms with Crippen molar-refractivity contribution < 1.29 is 18.3 Å². The lowest BCUT2D eigenvalue weighted by molar-refractivity contribution is -0.0498. The summed E-state index contributed by atoms with van der Waals surface area (Å²) in [5.74, 6) is -0.0178. The maximum atomic E-state index is 12.2. The number of carbonyl (C=O) groups is 1. The molecule has 5 nitrogen and oxygen atoms in total. The zero-order valence-electron chi connectivity index (χ0n) is 11.8. The van der Waals surface area contributed by atoms with Gasteiger partial charge in [-0.05, 0) is 17.7 Å². The summed E-state index contributed by atoms with van der Waals surface area (Å²) < 4.78 is 28.7. The van der Waals surface area contributed by atoms with Crippen molar-refractivity contribution in [2.45, 2.75) is 19.2 Å². The van der Waals surface area contributed by atoms with E-state index in [0.29, 0.717) is 19.6 Å². The van der Waals surface area contributed by atoms with Crippen LogP contribution in [0.1, 0.15) is 5.56 Å². The number of nitrogens with zero attached hydrogens (tertiary/aromatic N) is 2. The Kier molecular flexibility index (Phi) is 4.35. The smallest absolute Gasteiger partial charge is 0.387 e. The number of benzene rings is 1. The minimum absolute atomic E-state index is 0.00111. The molecule has 2 amide bonds. The monoisotopic (exact) mass is 331 g/mol. The molecule has 0 saturated carbocycles. The van der Waals surface area contributed by atoms with Crippen LogP contribution in [0.5, 0.6) is 5.75 Å². The molecule has 0 spiro atoms. The van der Waals surface area contributed by atoms with E-state index in [9.17, 15) is 13.6 Å². The number of hydrogen-bond acceptors (Lipinski definition) is 3. The third-order valence-electron chi connectivity index (χ3n) is 3.94. The second kappa shape index (κ2) is 6.26. The lowest BCUT2D eigenvalue weighted by Gasteiger charge is -2.36. The van der Waals surface area contributed by atoms with Gasteiger partial charge < -0.3 is 15.0 Å².